The van der Waals surface area contributed by atoms with Crippen LogP contribution in [0.3, 0.4) is 0 Å². The van der Waals surface area contributed by atoms with Crippen molar-refractivity contribution in [1.29, 1.82) is 0 Å². The molecule has 0 atom stereocenters. The van der Waals surface area contributed by atoms with E-state index in [1.807, 2.05) is 6.20 Å². The third kappa shape index (κ3) is 3.12. The van der Waals surface area contributed by atoms with Crippen molar-refractivity contribution in [2.75, 3.05) is 13.1 Å². The van der Waals surface area contributed by atoms with Gasteiger partial charge in [0.25, 0.3) is 0 Å². The normalized spacial score (nSPS) is 18.2. The van der Waals surface area contributed by atoms with Gasteiger partial charge in [-0.1, -0.05) is 29.5 Å². The maximum Gasteiger partial charge on any atom is 0.243 e. The average molecular weight is 398 g/mol. The lowest BCUT2D eigenvalue weighted by Crippen LogP contribution is -2.50. The maximum absolute atomic E-state index is 13.1. The Morgan fingerprint density at radius 3 is 2.14 bits per heavy atom. The lowest BCUT2D eigenvalue weighted by molar-refractivity contribution is 0.189. The second kappa shape index (κ2) is 6.49. The molecule has 0 bridgehead atoms. The number of nitrogens with zero attached hydrogens (tertiary/aromatic N) is 4. The van der Waals surface area contributed by atoms with Crippen LogP contribution in [0.25, 0.3) is 11.1 Å². The molecule has 2 aromatic carbocycles. The molecule has 1 aliphatic carbocycles. The van der Waals surface area contributed by atoms with E-state index in [0.29, 0.717) is 19.0 Å². The number of sulfonamides is 1. The smallest absolute Gasteiger partial charge is 0.243 e. The molecule has 2 aliphatic rings. The molecule has 1 aliphatic heterocycles. The number of aromatic nitrogens is 3. The van der Waals surface area contributed by atoms with Crippen LogP contribution >= 0.6 is 0 Å². The van der Waals surface area contributed by atoms with E-state index in [9.17, 15) is 12.8 Å². The van der Waals surface area contributed by atoms with Crippen LogP contribution in [-0.4, -0.2) is 40.8 Å². The first-order valence-electron chi connectivity index (χ1n) is 9.28. The van der Waals surface area contributed by atoms with E-state index in [-0.39, 0.29) is 16.8 Å². The Morgan fingerprint density at radius 2 is 1.54 bits per heavy atom. The van der Waals surface area contributed by atoms with Crippen LogP contribution in [0.5, 0.6) is 0 Å². The molecule has 3 aromatic rings. The fourth-order valence-electron chi connectivity index (χ4n) is 3.43. The van der Waals surface area contributed by atoms with Crippen molar-refractivity contribution >= 4 is 10.0 Å². The predicted octanol–water partition coefficient (Wildman–Crippen LogP) is 3.21. The summed E-state index contributed by atoms with van der Waals surface area (Å²) in [6, 6.07) is 12.9. The monoisotopic (exact) mass is 398 g/mol. The molecular formula is C20H19FN4O2S. The van der Waals surface area contributed by atoms with Crippen LogP contribution in [0.1, 0.15) is 30.5 Å². The molecule has 28 heavy (non-hydrogen) atoms. The minimum atomic E-state index is -3.53. The summed E-state index contributed by atoms with van der Waals surface area (Å²) in [4.78, 5) is 0.258. The Labute approximate surface area is 162 Å². The quantitative estimate of drug-likeness (QED) is 0.662. The lowest BCUT2D eigenvalue weighted by atomic mass is 10.1. The molecule has 8 heteroatoms. The zero-order valence-electron chi connectivity index (χ0n) is 15.1. The van der Waals surface area contributed by atoms with Crippen molar-refractivity contribution in [3.8, 4) is 11.1 Å². The highest BCUT2D eigenvalue weighted by atomic mass is 32.2. The SMILES string of the molecule is O=S(=O)(c1ccc(-c2ccc(F)cc2)cc1)N1CC(n2cc(C3CC3)nn2)C1. The first-order chi connectivity index (χ1) is 13.5. The molecular weight excluding hydrogens is 379 g/mol. The van der Waals surface area contributed by atoms with Crippen LogP contribution < -0.4 is 0 Å². The topological polar surface area (TPSA) is 68.1 Å². The molecule has 2 heterocycles. The fourth-order valence-corrected chi connectivity index (χ4v) is 4.94. The highest BCUT2D eigenvalue weighted by molar-refractivity contribution is 7.89. The van der Waals surface area contributed by atoms with Crippen molar-refractivity contribution in [1.82, 2.24) is 19.3 Å². The minimum Gasteiger partial charge on any atom is -0.247 e. The van der Waals surface area contributed by atoms with E-state index >= 15 is 0 Å². The Balaban J connectivity index is 1.28. The van der Waals surface area contributed by atoms with Gasteiger partial charge in [-0.2, -0.15) is 4.31 Å². The van der Waals surface area contributed by atoms with Crippen LogP contribution in [-0.2, 0) is 10.0 Å². The molecule has 6 nitrogen and oxygen atoms in total. The summed E-state index contributed by atoms with van der Waals surface area (Å²) in [7, 11) is -3.53. The second-order valence-corrected chi connectivity index (χ2v) is 9.34. The summed E-state index contributed by atoms with van der Waals surface area (Å²) < 4.78 is 42.0. The molecule has 2 fully saturated rings. The van der Waals surface area contributed by atoms with Gasteiger partial charge < -0.3 is 0 Å². The number of benzene rings is 2. The Morgan fingerprint density at radius 1 is 0.929 bits per heavy atom. The predicted molar refractivity (Wildman–Crippen MR) is 102 cm³/mol. The van der Waals surface area contributed by atoms with E-state index in [2.05, 4.69) is 10.3 Å². The summed E-state index contributed by atoms with van der Waals surface area (Å²) in [5.41, 5.74) is 2.69. The second-order valence-electron chi connectivity index (χ2n) is 7.40. The van der Waals surface area contributed by atoms with Gasteiger partial charge in [0.15, 0.2) is 0 Å². The molecule has 0 unspecified atom stereocenters. The van der Waals surface area contributed by atoms with Gasteiger partial charge in [-0.3, -0.25) is 0 Å². The number of hydrogen-bond acceptors (Lipinski definition) is 4. The van der Waals surface area contributed by atoms with Crippen LogP contribution in [0.15, 0.2) is 59.6 Å². The number of halogens is 1. The minimum absolute atomic E-state index is 0.0354. The van der Waals surface area contributed by atoms with Crippen LogP contribution in [0.2, 0.25) is 0 Å². The standard InChI is InChI=1S/C20H19FN4O2S/c21-17-7-3-14(4-8-17)15-5-9-19(10-6-15)28(26,27)24-11-18(12-24)25-13-20(22-23-25)16-1-2-16/h3-10,13,16,18H,1-2,11-12H2. The molecule has 1 saturated carbocycles. The average Bonchev–Trinajstić information content (AvgIpc) is 3.40. The zero-order chi connectivity index (χ0) is 19.3. The van der Waals surface area contributed by atoms with Crippen molar-refractivity contribution in [3.63, 3.8) is 0 Å². The summed E-state index contributed by atoms with van der Waals surface area (Å²) in [6.45, 7) is 0.797. The first kappa shape index (κ1) is 17.5. The number of rotatable bonds is 5. The zero-order valence-corrected chi connectivity index (χ0v) is 15.9. The van der Waals surface area contributed by atoms with Gasteiger partial charge >= 0.3 is 0 Å². The molecule has 0 radical (unpaired) electrons. The van der Waals surface area contributed by atoms with Gasteiger partial charge in [-0.15, -0.1) is 5.10 Å². The molecule has 0 N–H and O–H groups in total. The van der Waals surface area contributed by atoms with E-state index < -0.39 is 10.0 Å². The Kier molecular flexibility index (Phi) is 4.06. The fraction of sp³-hybridized carbons (Fsp3) is 0.300. The maximum atomic E-state index is 13.1. The van der Waals surface area contributed by atoms with Gasteiger partial charge in [0, 0.05) is 25.2 Å². The van der Waals surface area contributed by atoms with Crippen LogP contribution in [0.4, 0.5) is 4.39 Å². The van der Waals surface area contributed by atoms with Gasteiger partial charge in [0.2, 0.25) is 10.0 Å². The van der Waals surface area contributed by atoms with Crippen molar-refractivity contribution in [2.45, 2.75) is 29.7 Å². The molecule has 144 valence electrons. The lowest BCUT2D eigenvalue weighted by Gasteiger charge is -2.37. The van der Waals surface area contributed by atoms with Crippen molar-refractivity contribution in [2.24, 2.45) is 0 Å². The van der Waals surface area contributed by atoms with Gasteiger partial charge in [-0.05, 0) is 48.2 Å². The highest BCUT2D eigenvalue weighted by Gasteiger charge is 2.39. The highest BCUT2D eigenvalue weighted by Crippen LogP contribution is 2.39. The summed E-state index contributed by atoms with van der Waals surface area (Å²) in [6.07, 6.45) is 4.28. The third-order valence-corrected chi connectivity index (χ3v) is 7.24. The van der Waals surface area contributed by atoms with E-state index in [1.165, 1.54) is 16.4 Å². The van der Waals surface area contributed by atoms with Crippen molar-refractivity contribution in [3.05, 3.63) is 66.2 Å². The van der Waals surface area contributed by atoms with Gasteiger partial charge in [0.05, 0.1) is 16.6 Å². The molecule has 5 rings (SSSR count). The molecule has 1 saturated heterocycles. The summed E-state index contributed by atoms with van der Waals surface area (Å²) >= 11 is 0. The van der Waals surface area contributed by atoms with E-state index in [4.69, 9.17) is 0 Å². The van der Waals surface area contributed by atoms with Gasteiger partial charge in [-0.25, -0.2) is 17.5 Å². The summed E-state index contributed by atoms with van der Waals surface area (Å²) in [5.74, 6) is 0.236. The van der Waals surface area contributed by atoms with Crippen LogP contribution in [0, 0.1) is 5.82 Å². The van der Waals surface area contributed by atoms with Crippen molar-refractivity contribution < 1.29 is 12.8 Å². The van der Waals surface area contributed by atoms with E-state index in [0.717, 1.165) is 29.7 Å². The molecule has 0 amide bonds. The Bertz CT molecular complexity index is 1100. The molecule has 1 aromatic heterocycles. The Hall–Kier alpha value is -2.58. The summed E-state index contributed by atoms with van der Waals surface area (Å²) in [5, 5.41) is 8.35. The molecule has 0 spiro atoms. The largest absolute Gasteiger partial charge is 0.247 e. The number of hydrogen-bond donors (Lipinski definition) is 0. The third-order valence-electron chi connectivity index (χ3n) is 5.40. The first-order valence-corrected chi connectivity index (χ1v) is 10.7. The van der Waals surface area contributed by atoms with E-state index in [1.54, 1.807) is 41.1 Å². The van der Waals surface area contributed by atoms with Gasteiger partial charge in [0.1, 0.15) is 5.82 Å².